The van der Waals surface area contributed by atoms with E-state index in [9.17, 15) is 9.18 Å². The number of nitrogens with zero attached hydrogens (tertiary/aromatic N) is 3. The number of benzene rings is 2. The van der Waals surface area contributed by atoms with Crippen molar-refractivity contribution in [3.63, 3.8) is 0 Å². The van der Waals surface area contributed by atoms with Crippen LogP contribution in [0.1, 0.15) is 6.42 Å². The molecular weight excluding hydrogens is 493 g/mol. The van der Waals surface area contributed by atoms with Gasteiger partial charge in [0, 0.05) is 44.4 Å². The lowest BCUT2D eigenvalue weighted by atomic mass is 10.1. The van der Waals surface area contributed by atoms with Gasteiger partial charge in [-0.25, -0.2) is 9.38 Å². The third kappa shape index (κ3) is 7.96. The maximum atomic E-state index is 13.4. The molecule has 0 bridgehead atoms. The second-order valence-corrected chi connectivity index (χ2v) is 9.50. The zero-order valence-corrected chi connectivity index (χ0v) is 21.9. The van der Waals surface area contributed by atoms with E-state index in [1.54, 1.807) is 30.6 Å². The van der Waals surface area contributed by atoms with Crippen LogP contribution in [-0.4, -0.2) is 70.1 Å². The van der Waals surface area contributed by atoms with Crippen LogP contribution in [0.3, 0.4) is 0 Å². The Morgan fingerprint density at radius 3 is 2.59 bits per heavy atom. The third-order valence-electron chi connectivity index (χ3n) is 6.04. The molecule has 0 unspecified atom stereocenters. The summed E-state index contributed by atoms with van der Waals surface area (Å²) >= 11 is 1.56. The standard InChI is InChI=1S/C27H34FN5O3S/c1-35-16-12-30-26(34)19-29-11-2-13-33-25(20-37-27(33)31-23-7-5-22(28)6-8-23)21-3-9-24(10-4-21)32-14-17-36-18-15-32/h3-10,20,29H,2,11-19H2,1H3,(H,30,34)/b31-27-. The Morgan fingerprint density at radius 2 is 1.86 bits per heavy atom. The van der Waals surface area contributed by atoms with E-state index in [1.165, 1.54) is 17.8 Å². The van der Waals surface area contributed by atoms with Crippen LogP contribution < -0.4 is 20.3 Å². The third-order valence-corrected chi connectivity index (χ3v) is 6.90. The van der Waals surface area contributed by atoms with Crippen LogP contribution in [-0.2, 0) is 20.8 Å². The van der Waals surface area contributed by atoms with Crippen molar-refractivity contribution in [1.29, 1.82) is 0 Å². The number of carbonyl (C=O) groups is 1. The fourth-order valence-electron chi connectivity index (χ4n) is 4.08. The highest BCUT2D eigenvalue weighted by Gasteiger charge is 2.13. The topological polar surface area (TPSA) is 80.1 Å². The second-order valence-electron chi connectivity index (χ2n) is 8.66. The molecule has 1 aliphatic heterocycles. The first-order chi connectivity index (χ1) is 18.1. The molecule has 37 heavy (non-hydrogen) atoms. The van der Waals surface area contributed by atoms with Gasteiger partial charge in [-0.05, 0) is 54.9 Å². The van der Waals surface area contributed by atoms with Gasteiger partial charge in [0.25, 0.3) is 0 Å². The number of amides is 1. The van der Waals surface area contributed by atoms with Crippen molar-refractivity contribution in [2.24, 2.45) is 4.99 Å². The normalized spacial score (nSPS) is 14.2. The van der Waals surface area contributed by atoms with Crippen molar-refractivity contribution in [2.75, 3.05) is 64.6 Å². The fraction of sp³-hybridized carbons (Fsp3) is 0.407. The molecule has 3 aromatic rings. The maximum absolute atomic E-state index is 13.4. The summed E-state index contributed by atoms with van der Waals surface area (Å²) in [6.45, 7) is 5.98. The second kappa shape index (κ2) is 14.0. The molecule has 198 valence electrons. The summed E-state index contributed by atoms with van der Waals surface area (Å²) in [4.78, 5) is 19.9. The zero-order chi connectivity index (χ0) is 25.9. The minimum atomic E-state index is -0.281. The highest BCUT2D eigenvalue weighted by molar-refractivity contribution is 7.07. The molecule has 2 aromatic carbocycles. The number of rotatable bonds is 12. The molecule has 2 heterocycles. The zero-order valence-electron chi connectivity index (χ0n) is 21.1. The van der Waals surface area contributed by atoms with Crippen LogP contribution in [0.4, 0.5) is 15.8 Å². The number of hydrogen-bond donors (Lipinski definition) is 2. The van der Waals surface area contributed by atoms with Crippen LogP contribution in [0, 0.1) is 5.82 Å². The lowest BCUT2D eigenvalue weighted by molar-refractivity contribution is -0.120. The van der Waals surface area contributed by atoms with Crippen molar-refractivity contribution in [2.45, 2.75) is 13.0 Å². The van der Waals surface area contributed by atoms with Crippen LogP contribution in [0.25, 0.3) is 11.3 Å². The molecule has 0 spiro atoms. The molecule has 0 saturated carbocycles. The van der Waals surface area contributed by atoms with Gasteiger partial charge >= 0.3 is 0 Å². The number of carbonyl (C=O) groups excluding carboxylic acids is 1. The summed E-state index contributed by atoms with van der Waals surface area (Å²) in [6, 6.07) is 14.8. The van der Waals surface area contributed by atoms with Gasteiger partial charge in [0.15, 0.2) is 4.80 Å². The van der Waals surface area contributed by atoms with Gasteiger partial charge in [0.2, 0.25) is 5.91 Å². The Balaban J connectivity index is 1.47. The van der Waals surface area contributed by atoms with E-state index in [1.807, 2.05) is 0 Å². The van der Waals surface area contributed by atoms with Gasteiger partial charge in [-0.1, -0.05) is 12.1 Å². The summed E-state index contributed by atoms with van der Waals surface area (Å²) in [6.07, 6.45) is 0.817. The van der Waals surface area contributed by atoms with Gasteiger partial charge in [0.1, 0.15) is 5.82 Å². The molecule has 0 atom stereocenters. The number of halogens is 1. The molecule has 1 amide bonds. The van der Waals surface area contributed by atoms with E-state index in [2.05, 4.69) is 49.7 Å². The van der Waals surface area contributed by atoms with Crippen molar-refractivity contribution >= 4 is 28.6 Å². The molecule has 1 aliphatic rings. The Hall–Kier alpha value is -3.05. The van der Waals surface area contributed by atoms with Gasteiger partial charge in [-0.15, -0.1) is 11.3 Å². The minimum absolute atomic E-state index is 0.0479. The molecule has 1 saturated heterocycles. The molecule has 1 aromatic heterocycles. The first-order valence-corrected chi connectivity index (χ1v) is 13.4. The summed E-state index contributed by atoms with van der Waals surface area (Å²) in [5.41, 5.74) is 4.09. The average Bonchev–Trinajstić information content (AvgIpc) is 3.32. The highest BCUT2D eigenvalue weighted by Crippen LogP contribution is 2.25. The first-order valence-electron chi connectivity index (χ1n) is 12.5. The Bertz CT molecular complexity index is 1190. The average molecular weight is 528 g/mol. The number of methoxy groups -OCH3 is 1. The summed E-state index contributed by atoms with van der Waals surface area (Å²) in [5, 5.41) is 8.12. The lowest BCUT2D eigenvalue weighted by Crippen LogP contribution is -2.36. The quantitative estimate of drug-likeness (QED) is 0.354. The van der Waals surface area contributed by atoms with E-state index in [0.717, 1.165) is 55.3 Å². The van der Waals surface area contributed by atoms with Crippen molar-refractivity contribution in [3.8, 4) is 11.3 Å². The molecular formula is C27H34FN5O3S. The molecule has 8 nitrogen and oxygen atoms in total. The first kappa shape index (κ1) is 27.0. The molecule has 0 radical (unpaired) electrons. The number of anilines is 1. The number of hydrogen-bond acceptors (Lipinski definition) is 7. The minimum Gasteiger partial charge on any atom is -0.383 e. The van der Waals surface area contributed by atoms with E-state index in [0.29, 0.717) is 25.4 Å². The van der Waals surface area contributed by atoms with Crippen LogP contribution in [0.15, 0.2) is 58.9 Å². The molecule has 1 fully saturated rings. The van der Waals surface area contributed by atoms with Gasteiger partial charge in [-0.2, -0.15) is 0 Å². The van der Waals surface area contributed by atoms with Crippen LogP contribution in [0.5, 0.6) is 0 Å². The Kier molecular flexibility index (Phi) is 10.2. The van der Waals surface area contributed by atoms with Gasteiger partial charge in [0.05, 0.1) is 37.7 Å². The lowest BCUT2D eigenvalue weighted by Gasteiger charge is -2.28. The Morgan fingerprint density at radius 1 is 1.11 bits per heavy atom. The van der Waals surface area contributed by atoms with Gasteiger partial charge < -0.3 is 29.6 Å². The van der Waals surface area contributed by atoms with E-state index >= 15 is 0 Å². The van der Waals surface area contributed by atoms with E-state index in [-0.39, 0.29) is 18.3 Å². The van der Waals surface area contributed by atoms with Crippen LogP contribution >= 0.6 is 11.3 Å². The number of ether oxygens (including phenoxy) is 2. The molecule has 4 rings (SSSR count). The SMILES string of the molecule is COCCNC(=O)CNCCCn1c(-c2ccc(N3CCOCC3)cc2)cs/c1=N\c1ccc(F)cc1. The molecule has 2 N–H and O–H groups in total. The largest absolute Gasteiger partial charge is 0.383 e. The molecule has 10 heteroatoms. The number of aromatic nitrogens is 1. The predicted octanol–water partition coefficient (Wildman–Crippen LogP) is 3.17. The van der Waals surface area contributed by atoms with E-state index in [4.69, 9.17) is 14.5 Å². The van der Waals surface area contributed by atoms with Crippen molar-refractivity contribution in [3.05, 3.63) is 64.5 Å². The van der Waals surface area contributed by atoms with Crippen molar-refractivity contribution < 1.29 is 18.7 Å². The highest BCUT2D eigenvalue weighted by atomic mass is 32.1. The summed E-state index contributed by atoms with van der Waals surface area (Å²) in [5.74, 6) is -0.329. The fourth-order valence-corrected chi connectivity index (χ4v) is 5.03. The van der Waals surface area contributed by atoms with Crippen molar-refractivity contribution in [1.82, 2.24) is 15.2 Å². The number of morpholine rings is 1. The number of thiazole rings is 1. The smallest absolute Gasteiger partial charge is 0.234 e. The number of nitrogens with one attached hydrogen (secondary N) is 2. The monoisotopic (exact) mass is 527 g/mol. The van der Waals surface area contributed by atoms with Crippen LogP contribution in [0.2, 0.25) is 0 Å². The Labute approximate surface area is 220 Å². The summed E-state index contributed by atoms with van der Waals surface area (Å²) in [7, 11) is 1.61. The summed E-state index contributed by atoms with van der Waals surface area (Å²) < 4.78 is 26.0. The van der Waals surface area contributed by atoms with Gasteiger partial charge in [-0.3, -0.25) is 4.79 Å². The predicted molar refractivity (Wildman–Crippen MR) is 145 cm³/mol. The maximum Gasteiger partial charge on any atom is 0.234 e. The molecule has 0 aliphatic carbocycles. The van der Waals surface area contributed by atoms with E-state index < -0.39 is 0 Å².